The number of anilines is 3. The second-order valence-electron chi connectivity index (χ2n) is 4.11. The van der Waals surface area contributed by atoms with Crippen molar-refractivity contribution in [3.63, 3.8) is 0 Å². The molecule has 7 heteroatoms. The Hall–Kier alpha value is -2.88. The van der Waals surface area contributed by atoms with Gasteiger partial charge in [-0.15, -0.1) is 13.2 Å². The largest absolute Gasteiger partial charge is 0.573 e. The average Bonchev–Trinajstić information content (AvgIpc) is 2.40. The molecule has 2 rings (SSSR count). The van der Waals surface area contributed by atoms with Crippen molar-refractivity contribution >= 4 is 17.1 Å². The third-order valence-electron chi connectivity index (χ3n) is 2.55. The number of nitriles is 1. The molecule has 4 nitrogen and oxygen atoms in total. The number of benzene rings is 2. The first kappa shape index (κ1) is 14.5. The molecule has 0 atom stereocenters. The Balaban J connectivity index is 2.10. The van der Waals surface area contributed by atoms with Crippen LogP contribution >= 0.6 is 0 Å². The highest BCUT2D eigenvalue weighted by molar-refractivity contribution is 5.67. The minimum atomic E-state index is -4.71. The molecule has 0 aromatic heterocycles. The highest BCUT2D eigenvalue weighted by atomic mass is 19.4. The van der Waals surface area contributed by atoms with E-state index in [1.54, 1.807) is 18.2 Å². The first-order chi connectivity index (χ1) is 9.87. The number of nitrogens with two attached hydrogens (primary N) is 1. The van der Waals surface area contributed by atoms with Crippen molar-refractivity contribution in [2.24, 2.45) is 0 Å². The van der Waals surface area contributed by atoms with Gasteiger partial charge in [-0.2, -0.15) is 5.26 Å². The van der Waals surface area contributed by atoms with Gasteiger partial charge in [0.2, 0.25) is 0 Å². The van der Waals surface area contributed by atoms with Gasteiger partial charge in [0.1, 0.15) is 11.8 Å². The Bertz CT molecular complexity index is 675. The molecular weight excluding hydrogens is 283 g/mol. The third kappa shape index (κ3) is 4.04. The van der Waals surface area contributed by atoms with E-state index in [4.69, 9.17) is 11.0 Å². The van der Waals surface area contributed by atoms with E-state index < -0.39 is 6.36 Å². The van der Waals surface area contributed by atoms with Crippen molar-refractivity contribution in [3.8, 4) is 11.8 Å². The zero-order chi connectivity index (χ0) is 15.5. The molecule has 108 valence electrons. The summed E-state index contributed by atoms with van der Waals surface area (Å²) < 4.78 is 39.9. The van der Waals surface area contributed by atoms with Crippen LogP contribution in [0.5, 0.6) is 5.75 Å². The van der Waals surface area contributed by atoms with Gasteiger partial charge in [-0.1, -0.05) is 0 Å². The van der Waals surface area contributed by atoms with Gasteiger partial charge < -0.3 is 15.8 Å². The molecule has 0 saturated heterocycles. The van der Waals surface area contributed by atoms with Gasteiger partial charge in [-0.05, 0) is 42.5 Å². The molecule has 0 fully saturated rings. The Kier molecular flexibility index (Phi) is 3.89. The second-order valence-corrected chi connectivity index (χ2v) is 4.11. The monoisotopic (exact) mass is 293 g/mol. The van der Waals surface area contributed by atoms with Gasteiger partial charge in [-0.3, -0.25) is 0 Å². The number of nitrogens with zero attached hydrogens (tertiary/aromatic N) is 1. The Morgan fingerprint density at radius 1 is 1.05 bits per heavy atom. The fourth-order valence-corrected chi connectivity index (χ4v) is 1.65. The number of halogens is 3. The van der Waals surface area contributed by atoms with Gasteiger partial charge in [-0.25, -0.2) is 0 Å². The van der Waals surface area contributed by atoms with Crippen molar-refractivity contribution < 1.29 is 17.9 Å². The highest BCUT2D eigenvalue weighted by Gasteiger charge is 2.30. The molecule has 0 bridgehead atoms. The maximum atomic E-state index is 12.0. The Morgan fingerprint density at radius 3 is 2.19 bits per heavy atom. The van der Waals surface area contributed by atoms with Crippen LogP contribution in [-0.2, 0) is 0 Å². The summed E-state index contributed by atoms with van der Waals surface area (Å²) in [6.45, 7) is 0. The van der Waals surface area contributed by atoms with E-state index in [2.05, 4.69) is 10.1 Å². The molecule has 2 aromatic carbocycles. The molecule has 0 aliphatic carbocycles. The van der Waals surface area contributed by atoms with Gasteiger partial charge in [0.25, 0.3) is 0 Å². The lowest BCUT2D eigenvalue weighted by Gasteiger charge is -2.11. The van der Waals surface area contributed by atoms with Crippen LogP contribution in [0.3, 0.4) is 0 Å². The molecule has 0 unspecified atom stereocenters. The predicted octanol–water partition coefficient (Wildman–Crippen LogP) is 3.78. The van der Waals surface area contributed by atoms with Crippen molar-refractivity contribution in [1.29, 1.82) is 5.26 Å². The Labute approximate surface area is 118 Å². The molecule has 0 saturated carbocycles. The number of rotatable bonds is 3. The summed E-state index contributed by atoms with van der Waals surface area (Å²) in [5.74, 6) is -0.299. The summed E-state index contributed by atoms with van der Waals surface area (Å²) in [6.07, 6.45) is -4.71. The van der Waals surface area contributed by atoms with Crippen LogP contribution in [0.4, 0.5) is 30.2 Å². The summed E-state index contributed by atoms with van der Waals surface area (Å²) in [5.41, 5.74) is 7.53. The topological polar surface area (TPSA) is 71.1 Å². The maximum Gasteiger partial charge on any atom is 0.573 e. The molecule has 0 aliphatic heterocycles. The van der Waals surface area contributed by atoms with Crippen LogP contribution in [-0.4, -0.2) is 6.36 Å². The number of hydrogen-bond acceptors (Lipinski definition) is 4. The highest BCUT2D eigenvalue weighted by Crippen LogP contribution is 2.26. The quantitative estimate of drug-likeness (QED) is 0.845. The fraction of sp³-hybridized carbons (Fsp3) is 0.0714. The summed E-state index contributed by atoms with van der Waals surface area (Å²) in [6, 6.07) is 12.0. The standard InChI is InChI=1S/C14H10F3N3O/c15-14(16,17)21-12-5-3-10(4-6-12)20-11-2-1-9(8-18)13(19)7-11/h1-7,20H,19H2. The zero-order valence-electron chi connectivity index (χ0n) is 10.6. The minimum Gasteiger partial charge on any atom is -0.406 e. The van der Waals surface area contributed by atoms with E-state index in [0.717, 1.165) is 0 Å². The minimum absolute atomic E-state index is 0.299. The average molecular weight is 293 g/mol. The predicted molar refractivity (Wildman–Crippen MR) is 72.0 cm³/mol. The van der Waals surface area contributed by atoms with Crippen molar-refractivity contribution in [3.05, 3.63) is 48.0 Å². The Morgan fingerprint density at radius 2 is 1.67 bits per heavy atom. The lowest BCUT2D eigenvalue weighted by Crippen LogP contribution is -2.16. The third-order valence-corrected chi connectivity index (χ3v) is 2.55. The number of nitrogen functional groups attached to an aromatic ring is 1. The van der Waals surface area contributed by atoms with E-state index in [9.17, 15) is 13.2 Å². The zero-order valence-corrected chi connectivity index (χ0v) is 10.6. The van der Waals surface area contributed by atoms with Crippen molar-refractivity contribution in [1.82, 2.24) is 0 Å². The van der Waals surface area contributed by atoms with Gasteiger partial charge in [0.15, 0.2) is 0 Å². The number of ether oxygens (including phenoxy) is 1. The van der Waals surface area contributed by atoms with Crippen molar-refractivity contribution in [2.45, 2.75) is 6.36 Å². The molecule has 0 spiro atoms. The SMILES string of the molecule is N#Cc1ccc(Nc2ccc(OC(F)(F)F)cc2)cc1N. The van der Waals surface area contributed by atoms with Crippen LogP contribution < -0.4 is 15.8 Å². The molecule has 0 heterocycles. The lowest BCUT2D eigenvalue weighted by atomic mass is 10.1. The van der Waals surface area contributed by atoms with E-state index in [-0.39, 0.29) is 5.75 Å². The molecule has 3 N–H and O–H groups in total. The van der Waals surface area contributed by atoms with Crippen LogP contribution in [0.15, 0.2) is 42.5 Å². The summed E-state index contributed by atoms with van der Waals surface area (Å²) in [7, 11) is 0. The van der Waals surface area contributed by atoms with Crippen LogP contribution in [0.2, 0.25) is 0 Å². The lowest BCUT2D eigenvalue weighted by molar-refractivity contribution is -0.274. The van der Waals surface area contributed by atoms with E-state index in [1.807, 2.05) is 6.07 Å². The number of hydrogen-bond donors (Lipinski definition) is 2. The van der Waals surface area contributed by atoms with E-state index in [1.165, 1.54) is 24.3 Å². The van der Waals surface area contributed by atoms with Gasteiger partial charge in [0.05, 0.1) is 11.3 Å². The first-order valence-corrected chi connectivity index (χ1v) is 5.80. The normalized spacial score (nSPS) is 10.8. The number of alkyl halides is 3. The first-order valence-electron chi connectivity index (χ1n) is 5.80. The molecule has 0 radical (unpaired) electrons. The van der Waals surface area contributed by atoms with Gasteiger partial charge in [0, 0.05) is 11.4 Å². The summed E-state index contributed by atoms with van der Waals surface area (Å²) >= 11 is 0. The molecular formula is C14H10F3N3O. The smallest absolute Gasteiger partial charge is 0.406 e. The van der Waals surface area contributed by atoms with Gasteiger partial charge >= 0.3 is 6.36 Å². The van der Waals surface area contributed by atoms with E-state index >= 15 is 0 Å². The van der Waals surface area contributed by atoms with Crippen LogP contribution in [0.25, 0.3) is 0 Å². The second kappa shape index (κ2) is 5.63. The number of nitrogens with one attached hydrogen (secondary N) is 1. The van der Waals surface area contributed by atoms with E-state index in [0.29, 0.717) is 22.6 Å². The summed E-state index contributed by atoms with van der Waals surface area (Å²) in [5, 5.41) is 11.7. The molecule has 0 aliphatic rings. The fourth-order valence-electron chi connectivity index (χ4n) is 1.65. The molecule has 2 aromatic rings. The van der Waals surface area contributed by atoms with Crippen LogP contribution in [0, 0.1) is 11.3 Å². The van der Waals surface area contributed by atoms with Crippen LogP contribution in [0.1, 0.15) is 5.56 Å². The molecule has 21 heavy (non-hydrogen) atoms. The van der Waals surface area contributed by atoms with Crippen molar-refractivity contribution in [2.75, 3.05) is 11.1 Å². The maximum absolute atomic E-state index is 12.0. The summed E-state index contributed by atoms with van der Waals surface area (Å²) in [4.78, 5) is 0. The molecule has 0 amide bonds.